The van der Waals surface area contributed by atoms with Crippen LogP contribution in [0.15, 0.2) is 36.4 Å². The third-order valence-corrected chi connectivity index (χ3v) is 3.62. The molecule has 0 radical (unpaired) electrons. The van der Waals surface area contributed by atoms with E-state index in [1.807, 2.05) is 38.1 Å². The number of aryl methyl sites for hydroxylation is 2. The number of benzene rings is 2. The van der Waals surface area contributed by atoms with Crippen molar-refractivity contribution in [2.45, 2.75) is 20.3 Å². The highest BCUT2D eigenvalue weighted by atomic mass is 16.2. The van der Waals surface area contributed by atoms with Crippen molar-refractivity contribution in [3.8, 4) is 0 Å². The van der Waals surface area contributed by atoms with Crippen molar-refractivity contribution < 1.29 is 9.59 Å². The maximum absolute atomic E-state index is 12.1. The number of carbonyl (C=O) groups excluding carboxylic acids is 2. The van der Waals surface area contributed by atoms with Gasteiger partial charge in [0.25, 0.3) is 0 Å². The van der Waals surface area contributed by atoms with Crippen LogP contribution in [0.1, 0.15) is 16.7 Å². The van der Waals surface area contributed by atoms with Gasteiger partial charge in [0.05, 0.1) is 6.42 Å². The molecule has 1 aliphatic rings. The molecule has 0 aliphatic carbocycles. The van der Waals surface area contributed by atoms with Gasteiger partial charge in [-0.1, -0.05) is 17.7 Å². The summed E-state index contributed by atoms with van der Waals surface area (Å²) in [6.45, 7) is 3.96. The minimum Gasteiger partial charge on any atom is -0.326 e. The van der Waals surface area contributed by atoms with Gasteiger partial charge in [-0.05, 0) is 49.2 Å². The molecule has 5 heteroatoms. The standard InChI is InChI=1S/C17H17N3O2/c1-10-3-5-14(11(2)7-10)20-17(22)18-13-4-6-15-12(8-13)9-16(21)19-15/h3-8H,9H2,1-2H3,(H,19,21)(H2,18,20,22). The summed E-state index contributed by atoms with van der Waals surface area (Å²) >= 11 is 0. The van der Waals surface area contributed by atoms with E-state index >= 15 is 0 Å². The van der Waals surface area contributed by atoms with Crippen LogP contribution in [0.3, 0.4) is 0 Å². The maximum atomic E-state index is 12.1. The number of rotatable bonds is 2. The molecule has 1 aliphatic heterocycles. The molecule has 5 nitrogen and oxygen atoms in total. The first-order valence-electron chi connectivity index (χ1n) is 7.09. The quantitative estimate of drug-likeness (QED) is 0.794. The molecule has 0 unspecified atom stereocenters. The second-order valence-electron chi connectivity index (χ2n) is 5.49. The fourth-order valence-corrected chi connectivity index (χ4v) is 2.55. The van der Waals surface area contributed by atoms with E-state index < -0.39 is 0 Å². The van der Waals surface area contributed by atoms with E-state index in [2.05, 4.69) is 16.0 Å². The van der Waals surface area contributed by atoms with Crippen LogP contribution in [0.5, 0.6) is 0 Å². The second kappa shape index (κ2) is 5.52. The minimum absolute atomic E-state index is 0.0214. The van der Waals surface area contributed by atoms with Gasteiger partial charge in [-0.15, -0.1) is 0 Å². The molecule has 2 aromatic carbocycles. The van der Waals surface area contributed by atoms with Crippen LogP contribution >= 0.6 is 0 Å². The molecule has 1 heterocycles. The molecule has 3 rings (SSSR count). The molecule has 3 amide bonds. The van der Waals surface area contributed by atoms with Crippen LogP contribution in [0.4, 0.5) is 21.9 Å². The Morgan fingerprint density at radius 3 is 2.68 bits per heavy atom. The zero-order valence-corrected chi connectivity index (χ0v) is 12.5. The van der Waals surface area contributed by atoms with Crippen LogP contribution in [0, 0.1) is 13.8 Å². The normalized spacial score (nSPS) is 12.5. The van der Waals surface area contributed by atoms with Crippen molar-refractivity contribution in [1.82, 2.24) is 0 Å². The summed E-state index contributed by atoms with van der Waals surface area (Å²) in [6.07, 6.45) is 0.351. The molecule has 0 bridgehead atoms. The van der Waals surface area contributed by atoms with Crippen LogP contribution in [-0.2, 0) is 11.2 Å². The van der Waals surface area contributed by atoms with Crippen LogP contribution in [-0.4, -0.2) is 11.9 Å². The van der Waals surface area contributed by atoms with Crippen LogP contribution < -0.4 is 16.0 Å². The van der Waals surface area contributed by atoms with E-state index in [0.717, 1.165) is 28.1 Å². The first-order valence-corrected chi connectivity index (χ1v) is 7.09. The highest BCUT2D eigenvalue weighted by Gasteiger charge is 2.17. The third-order valence-electron chi connectivity index (χ3n) is 3.62. The van der Waals surface area contributed by atoms with E-state index in [0.29, 0.717) is 12.1 Å². The summed E-state index contributed by atoms with van der Waals surface area (Å²) in [4.78, 5) is 23.4. The fraction of sp³-hybridized carbons (Fsp3) is 0.176. The highest BCUT2D eigenvalue weighted by Crippen LogP contribution is 2.26. The van der Waals surface area contributed by atoms with Crippen molar-refractivity contribution in [2.24, 2.45) is 0 Å². The Labute approximate surface area is 128 Å². The molecule has 2 aromatic rings. The van der Waals surface area contributed by atoms with Gasteiger partial charge in [-0.2, -0.15) is 0 Å². The van der Waals surface area contributed by atoms with Crippen molar-refractivity contribution in [1.29, 1.82) is 0 Å². The monoisotopic (exact) mass is 295 g/mol. The molecule has 0 atom stereocenters. The van der Waals surface area contributed by atoms with Gasteiger partial charge in [0.2, 0.25) is 5.91 Å². The number of hydrogen-bond donors (Lipinski definition) is 3. The van der Waals surface area contributed by atoms with E-state index in [-0.39, 0.29) is 11.9 Å². The van der Waals surface area contributed by atoms with Gasteiger partial charge >= 0.3 is 6.03 Å². The van der Waals surface area contributed by atoms with Gasteiger partial charge in [0.15, 0.2) is 0 Å². The van der Waals surface area contributed by atoms with Crippen molar-refractivity contribution in [3.05, 3.63) is 53.1 Å². The Bertz CT molecular complexity index is 768. The molecule has 22 heavy (non-hydrogen) atoms. The van der Waals surface area contributed by atoms with Crippen molar-refractivity contribution >= 4 is 29.0 Å². The van der Waals surface area contributed by atoms with E-state index in [1.165, 1.54) is 0 Å². The number of fused-ring (bicyclic) bond motifs is 1. The van der Waals surface area contributed by atoms with Crippen molar-refractivity contribution in [2.75, 3.05) is 16.0 Å². The summed E-state index contributed by atoms with van der Waals surface area (Å²) in [7, 11) is 0. The Morgan fingerprint density at radius 2 is 1.91 bits per heavy atom. The minimum atomic E-state index is -0.302. The predicted octanol–water partition coefficient (Wildman–Crippen LogP) is 3.44. The van der Waals surface area contributed by atoms with E-state index in [1.54, 1.807) is 12.1 Å². The van der Waals surface area contributed by atoms with E-state index in [4.69, 9.17) is 0 Å². The molecule has 0 aromatic heterocycles. The molecule has 0 spiro atoms. The average molecular weight is 295 g/mol. The van der Waals surface area contributed by atoms with Crippen LogP contribution in [0.25, 0.3) is 0 Å². The number of amides is 3. The van der Waals surface area contributed by atoms with Gasteiger partial charge < -0.3 is 16.0 Å². The third kappa shape index (κ3) is 2.93. The first kappa shape index (κ1) is 14.1. The Balaban J connectivity index is 1.70. The molecule has 0 saturated heterocycles. The molecular formula is C17H17N3O2. The Morgan fingerprint density at radius 1 is 1.09 bits per heavy atom. The van der Waals surface area contributed by atoms with E-state index in [9.17, 15) is 9.59 Å². The topological polar surface area (TPSA) is 70.2 Å². The Kier molecular flexibility index (Phi) is 3.55. The summed E-state index contributed by atoms with van der Waals surface area (Å²) in [5.41, 5.74) is 5.32. The zero-order chi connectivity index (χ0) is 15.7. The number of carbonyl (C=O) groups is 2. The summed E-state index contributed by atoms with van der Waals surface area (Å²) in [5, 5.41) is 8.38. The molecule has 112 valence electrons. The second-order valence-corrected chi connectivity index (χ2v) is 5.49. The summed E-state index contributed by atoms with van der Waals surface area (Å²) < 4.78 is 0. The lowest BCUT2D eigenvalue weighted by atomic mass is 10.1. The lowest BCUT2D eigenvalue weighted by Crippen LogP contribution is -2.20. The number of anilines is 3. The van der Waals surface area contributed by atoms with Crippen molar-refractivity contribution in [3.63, 3.8) is 0 Å². The number of nitrogens with one attached hydrogen (secondary N) is 3. The first-order chi connectivity index (χ1) is 10.5. The fourth-order valence-electron chi connectivity index (χ4n) is 2.55. The predicted molar refractivity (Wildman–Crippen MR) is 87.3 cm³/mol. The molecule has 0 saturated carbocycles. The number of hydrogen-bond acceptors (Lipinski definition) is 2. The molecule has 0 fully saturated rings. The average Bonchev–Trinajstić information content (AvgIpc) is 2.81. The zero-order valence-electron chi connectivity index (χ0n) is 12.5. The Hall–Kier alpha value is -2.82. The smallest absolute Gasteiger partial charge is 0.323 e. The summed E-state index contributed by atoms with van der Waals surface area (Å²) in [6, 6.07) is 10.9. The van der Waals surface area contributed by atoms with Gasteiger partial charge in [0.1, 0.15) is 0 Å². The largest absolute Gasteiger partial charge is 0.326 e. The maximum Gasteiger partial charge on any atom is 0.323 e. The SMILES string of the molecule is Cc1ccc(NC(=O)Nc2ccc3c(c2)CC(=O)N3)c(C)c1. The van der Waals surface area contributed by atoms with Crippen LogP contribution in [0.2, 0.25) is 0 Å². The van der Waals surface area contributed by atoms with Gasteiger partial charge in [-0.3, -0.25) is 4.79 Å². The van der Waals surface area contributed by atoms with Gasteiger partial charge in [-0.25, -0.2) is 4.79 Å². The summed E-state index contributed by atoms with van der Waals surface area (Å²) in [5.74, 6) is -0.0214. The highest BCUT2D eigenvalue weighted by molar-refractivity contribution is 6.02. The van der Waals surface area contributed by atoms with Gasteiger partial charge in [0, 0.05) is 17.1 Å². The lowest BCUT2D eigenvalue weighted by Gasteiger charge is -2.11. The molecular weight excluding hydrogens is 278 g/mol. The molecule has 3 N–H and O–H groups in total. The lowest BCUT2D eigenvalue weighted by molar-refractivity contribution is -0.115. The number of urea groups is 1.